The Balaban J connectivity index is 3.40. The number of hydrogen-bond donors (Lipinski definition) is 0. The van der Waals surface area contributed by atoms with Crippen LogP contribution in [0.5, 0.6) is 0 Å². The van der Waals surface area contributed by atoms with Crippen molar-refractivity contribution in [2.24, 2.45) is 0 Å². The van der Waals surface area contributed by atoms with Gasteiger partial charge < -0.3 is 18.9 Å². The number of ether oxygens (including phenoxy) is 4. The summed E-state index contributed by atoms with van der Waals surface area (Å²) in [5, 5.41) is 0. The number of esters is 2. The van der Waals surface area contributed by atoms with Crippen molar-refractivity contribution in [1.82, 2.24) is 0 Å². The molecule has 0 aliphatic carbocycles. The lowest BCUT2D eigenvalue weighted by Gasteiger charge is -2.06. The minimum Gasteiger partial charge on any atom is -0.457 e. The first-order valence-electron chi connectivity index (χ1n) is 7.21. The average molecular weight is 290 g/mol. The molecule has 6 nitrogen and oxygen atoms in total. The third kappa shape index (κ3) is 11.9. The van der Waals surface area contributed by atoms with E-state index < -0.39 is 11.9 Å². The standard InChI is InChI=1S/C14H26O6/c1-3-17-9-5-7-11-19-13(15)14(16)20-12-8-6-10-18-4-2/h3-12H2,1-2H3. The maximum absolute atomic E-state index is 11.2. The zero-order chi connectivity index (χ0) is 15.1. The van der Waals surface area contributed by atoms with Crippen molar-refractivity contribution < 1.29 is 28.5 Å². The summed E-state index contributed by atoms with van der Waals surface area (Å²) < 4.78 is 19.8. The van der Waals surface area contributed by atoms with Crippen molar-refractivity contribution >= 4 is 11.9 Å². The molecule has 0 N–H and O–H groups in total. The van der Waals surface area contributed by atoms with Gasteiger partial charge >= 0.3 is 11.9 Å². The van der Waals surface area contributed by atoms with Crippen LogP contribution in [0, 0.1) is 0 Å². The summed E-state index contributed by atoms with van der Waals surface area (Å²) in [4.78, 5) is 22.5. The van der Waals surface area contributed by atoms with Gasteiger partial charge in [0.05, 0.1) is 13.2 Å². The van der Waals surface area contributed by atoms with Gasteiger partial charge in [-0.3, -0.25) is 0 Å². The van der Waals surface area contributed by atoms with Crippen molar-refractivity contribution in [2.75, 3.05) is 39.6 Å². The number of carbonyl (C=O) groups excluding carboxylic acids is 2. The van der Waals surface area contributed by atoms with E-state index in [1.54, 1.807) is 0 Å². The summed E-state index contributed by atoms with van der Waals surface area (Å²) in [6, 6.07) is 0. The molecule has 118 valence electrons. The van der Waals surface area contributed by atoms with Gasteiger partial charge in [-0.25, -0.2) is 9.59 Å². The van der Waals surface area contributed by atoms with E-state index in [9.17, 15) is 9.59 Å². The Morgan fingerprint density at radius 3 is 1.35 bits per heavy atom. The van der Waals surface area contributed by atoms with Gasteiger partial charge in [-0.15, -0.1) is 0 Å². The number of rotatable bonds is 12. The van der Waals surface area contributed by atoms with Gasteiger partial charge in [0, 0.05) is 26.4 Å². The third-order valence-corrected chi connectivity index (χ3v) is 2.41. The summed E-state index contributed by atoms with van der Waals surface area (Å²) in [7, 11) is 0. The highest BCUT2D eigenvalue weighted by Crippen LogP contribution is 1.95. The molecule has 0 bridgehead atoms. The summed E-state index contributed by atoms with van der Waals surface area (Å²) in [6.07, 6.45) is 2.95. The van der Waals surface area contributed by atoms with Gasteiger partial charge in [0.25, 0.3) is 0 Å². The first kappa shape index (κ1) is 18.9. The second-order valence-corrected chi connectivity index (χ2v) is 4.08. The molecule has 6 heteroatoms. The van der Waals surface area contributed by atoms with E-state index >= 15 is 0 Å². The Morgan fingerprint density at radius 1 is 0.650 bits per heavy atom. The highest BCUT2D eigenvalue weighted by atomic mass is 16.6. The van der Waals surface area contributed by atoms with E-state index in [0.29, 0.717) is 39.3 Å². The fraction of sp³-hybridized carbons (Fsp3) is 0.857. The molecule has 0 heterocycles. The monoisotopic (exact) mass is 290 g/mol. The van der Waals surface area contributed by atoms with Crippen LogP contribution in [0.4, 0.5) is 0 Å². The van der Waals surface area contributed by atoms with Gasteiger partial charge in [-0.2, -0.15) is 0 Å². The lowest BCUT2D eigenvalue weighted by atomic mass is 10.3. The molecule has 0 saturated heterocycles. The highest BCUT2D eigenvalue weighted by Gasteiger charge is 2.16. The molecule has 20 heavy (non-hydrogen) atoms. The quantitative estimate of drug-likeness (QED) is 0.309. The predicted molar refractivity (Wildman–Crippen MR) is 73.4 cm³/mol. The van der Waals surface area contributed by atoms with Gasteiger partial charge in [-0.1, -0.05) is 0 Å². The van der Waals surface area contributed by atoms with Gasteiger partial charge in [0.2, 0.25) is 0 Å². The zero-order valence-electron chi connectivity index (χ0n) is 12.5. The first-order valence-corrected chi connectivity index (χ1v) is 7.21. The van der Waals surface area contributed by atoms with E-state index in [4.69, 9.17) is 18.9 Å². The number of carbonyl (C=O) groups is 2. The molecule has 0 aromatic heterocycles. The average Bonchev–Trinajstić information content (AvgIpc) is 2.45. The Bertz CT molecular complexity index is 228. The molecule has 0 aromatic carbocycles. The normalized spacial score (nSPS) is 10.3. The molecular weight excluding hydrogens is 264 g/mol. The molecule has 0 spiro atoms. The van der Waals surface area contributed by atoms with Crippen LogP contribution in [0.2, 0.25) is 0 Å². The van der Waals surface area contributed by atoms with E-state index in [1.165, 1.54) is 0 Å². The molecule has 0 aromatic rings. The minimum absolute atomic E-state index is 0.214. The Hall–Kier alpha value is -1.14. The molecule has 0 saturated carbocycles. The highest BCUT2D eigenvalue weighted by molar-refractivity contribution is 6.29. The van der Waals surface area contributed by atoms with Gasteiger partial charge in [0.15, 0.2) is 0 Å². The lowest BCUT2D eigenvalue weighted by molar-refractivity contribution is -0.167. The SMILES string of the molecule is CCOCCCCOC(=O)C(=O)OCCCCOCC. The molecular formula is C14H26O6. The van der Waals surface area contributed by atoms with E-state index in [-0.39, 0.29) is 13.2 Å². The van der Waals surface area contributed by atoms with E-state index in [1.807, 2.05) is 13.8 Å². The number of unbranched alkanes of at least 4 members (excludes halogenated alkanes) is 2. The fourth-order valence-corrected chi connectivity index (χ4v) is 1.35. The zero-order valence-corrected chi connectivity index (χ0v) is 12.5. The van der Waals surface area contributed by atoms with Crippen LogP contribution in [-0.2, 0) is 28.5 Å². The molecule has 0 amide bonds. The van der Waals surface area contributed by atoms with Crippen LogP contribution in [0.15, 0.2) is 0 Å². The summed E-state index contributed by atoms with van der Waals surface area (Å²) in [6.45, 7) is 6.90. The Kier molecular flexibility index (Phi) is 13.5. The van der Waals surface area contributed by atoms with E-state index in [2.05, 4.69) is 0 Å². The Morgan fingerprint density at radius 2 is 1.00 bits per heavy atom. The second kappa shape index (κ2) is 14.3. The van der Waals surface area contributed by atoms with Crippen molar-refractivity contribution in [1.29, 1.82) is 0 Å². The van der Waals surface area contributed by atoms with Crippen molar-refractivity contribution in [3.8, 4) is 0 Å². The van der Waals surface area contributed by atoms with Crippen molar-refractivity contribution in [2.45, 2.75) is 39.5 Å². The molecule has 0 unspecified atom stereocenters. The molecule has 0 atom stereocenters. The van der Waals surface area contributed by atoms with Crippen molar-refractivity contribution in [3.63, 3.8) is 0 Å². The molecule has 0 rings (SSSR count). The van der Waals surface area contributed by atoms with Crippen LogP contribution < -0.4 is 0 Å². The second-order valence-electron chi connectivity index (χ2n) is 4.08. The smallest absolute Gasteiger partial charge is 0.417 e. The summed E-state index contributed by atoms with van der Waals surface area (Å²) in [5.74, 6) is -1.85. The maximum Gasteiger partial charge on any atom is 0.417 e. The number of hydrogen-bond acceptors (Lipinski definition) is 6. The topological polar surface area (TPSA) is 71.1 Å². The van der Waals surface area contributed by atoms with E-state index in [0.717, 1.165) is 12.8 Å². The third-order valence-electron chi connectivity index (χ3n) is 2.41. The van der Waals surface area contributed by atoms with Crippen LogP contribution in [0.25, 0.3) is 0 Å². The Labute approximate surface area is 120 Å². The van der Waals surface area contributed by atoms with Crippen LogP contribution >= 0.6 is 0 Å². The van der Waals surface area contributed by atoms with Gasteiger partial charge in [0.1, 0.15) is 0 Å². The van der Waals surface area contributed by atoms with Crippen LogP contribution in [0.3, 0.4) is 0 Å². The summed E-state index contributed by atoms with van der Waals surface area (Å²) >= 11 is 0. The molecule has 0 aliphatic rings. The summed E-state index contributed by atoms with van der Waals surface area (Å²) in [5.41, 5.74) is 0. The molecule has 0 fully saturated rings. The lowest BCUT2D eigenvalue weighted by Crippen LogP contribution is -2.21. The molecule has 0 radical (unpaired) electrons. The van der Waals surface area contributed by atoms with Crippen LogP contribution in [-0.4, -0.2) is 51.6 Å². The van der Waals surface area contributed by atoms with Crippen molar-refractivity contribution in [3.05, 3.63) is 0 Å². The maximum atomic E-state index is 11.2. The molecule has 0 aliphatic heterocycles. The van der Waals surface area contributed by atoms with Crippen LogP contribution in [0.1, 0.15) is 39.5 Å². The predicted octanol–water partition coefficient (Wildman–Crippen LogP) is 1.71. The minimum atomic E-state index is -0.925. The van der Waals surface area contributed by atoms with Gasteiger partial charge in [-0.05, 0) is 39.5 Å². The largest absolute Gasteiger partial charge is 0.457 e. The fourth-order valence-electron chi connectivity index (χ4n) is 1.35. The first-order chi connectivity index (χ1) is 9.72.